The summed E-state index contributed by atoms with van der Waals surface area (Å²) < 4.78 is 7.91. The van der Waals surface area contributed by atoms with Crippen molar-refractivity contribution >= 4 is 28.4 Å². The number of rotatable bonds is 8. The van der Waals surface area contributed by atoms with E-state index in [1.165, 1.54) is 12.1 Å². The molecule has 0 amide bonds. The Bertz CT molecular complexity index is 1210. The van der Waals surface area contributed by atoms with Crippen molar-refractivity contribution in [2.75, 3.05) is 12.4 Å². The Labute approximate surface area is 176 Å². The van der Waals surface area contributed by atoms with E-state index < -0.39 is 4.92 Å². The number of H-pyrrole nitrogens is 1. The van der Waals surface area contributed by atoms with Gasteiger partial charge in [0.25, 0.3) is 5.69 Å². The highest BCUT2D eigenvalue weighted by Gasteiger charge is 2.30. The number of nitro benzene ring substituents is 1. The topological polar surface area (TPSA) is 98.9 Å². The van der Waals surface area contributed by atoms with Crippen LogP contribution >= 0.6 is 11.8 Å². The van der Waals surface area contributed by atoms with Crippen molar-refractivity contribution in [1.82, 2.24) is 19.7 Å². The minimum atomic E-state index is -0.425. The molecule has 2 aromatic carbocycles. The fraction of sp³-hybridized carbons (Fsp3) is 0.238. The number of nitrogens with zero attached hydrogens (tertiary/aromatic N) is 4. The Morgan fingerprint density at radius 3 is 2.90 bits per heavy atom. The standard InChI is InChI=1S/C21H19N5O3S/c27-26(28)15-4-3-5-16(12-15)29-10-11-30-21-24-23-20(25(21)14-8-9-14)18-13-22-19-7-2-1-6-17(18)19/h1-7,12-14,22H,8-11H2. The predicted octanol–water partition coefficient (Wildman–Crippen LogP) is 4.84. The smallest absolute Gasteiger partial charge is 0.273 e. The van der Waals surface area contributed by atoms with E-state index in [0.717, 1.165) is 40.3 Å². The van der Waals surface area contributed by atoms with Crippen molar-refractivity contribution in [1.29, 1.82) is 0 Å². The van der Waals surface area contributed by atoms with Crippen LogP contribution in [0, 0.1) is 10.1 Å². The summed E-state index contributed by atoms with van der Waals surface area (Å²) in [6.45, 7) is 0.422. The fourth-order valence-corrected chi connectivity index (χ4v) is 4.28. The van der Waals surface area contributed by atoms with E-state index in [1.807, 2.05) is 18.3 Å². The van der Waals surface area contributed by atoms with Crippen LogP contribution in [0.1, 0.15) is 18.9 Å². The van der Waals surface area contributed by atoms with Crippen molar-refractivity contribution in [2.45, 2.75) is 24.0 Å². The SMILES string of the molecule is O=[N+]([O-])c1cccc(OCCSc2nnc(-c3c[nH]c4ccccc34)n2C2CC2)c1. The summed E-state index contributed by atoms with van der Waals surface area (Å²) in [5, 5.41) is 21.8. The van der Waals surface area contributed by atoms with Crippen LogP contribution in [-0.4, -0.2) is 37.0 Å². The van der Waals surface area contributed by atoms with E-state index in [9.17, 15) is 10.1 Å². The van der Waals surface area contributed by atoms with Gasteiger partial charge in [-0.1, -0.05) is 36.0 Å². The highest BCUT2D eigenvalue weighted by molar-refractivity contribution is 7.99. The van der Waals surface area contributed by atoms with Gasteiger partial charge in [-0.25, -0.2) is 0 Å². The van der Waals surface area contributed by atoms with E-state index in [-0.39, 0.29) is 5.69 Å². The molecule has 2 heterocycles. The van der Waals surface area contributed by atoms with Gasteiger partial charge >= 0.3 is 0 Å². The number of nitrogens with one attached hydrogen (secondary N) is 1. The van der Waals surface area contributed by atoms with Gasteiger partial charge in [-0.15, -0.1) is 10.2 Å². The molecule has 5 rings (SSSR count). The maximum Gasteiger partial charge on any atom is 0.273 e. The highest BCUT2D eigenvalue weighted by atomic mass is 32.2. The van der Waals surface area contributed by atoms with E-state index in [1.54, 1.807) is 23.9 Å². The van der Waals surface area contributed by atoms with E-state index in [2.05, 4.69) is 31.9 Å². The fourth-order valence-electron chi connectivity index (χ4n) is 3.46. The Balaban J connectivity index is 1.30. The monoisotopic (exact) mass is 421 g/mol. The molecule has 1 N–H and O–H groups in total. The Kier molecular flexibility index (Phi) is 4.88. The van der Waals surface area contributed by atoms with Crippen molar-refractivity contribution in [3.8, 4) is 17.1 Å². The molecular weight excluding hydrogens is 402 g/mol. The average Bonchev–Trinajstić information content (AvgIpc) is 3.38. The highest BCUT2D eigenvalue weighted by Crippen LogP contribution is 2.42. The third-order valence-electron chi connectivity index (χ3n) is 5.02. The molecule has 1 fully saturated rings. The summed E-state index contributed by atoms with van der Waals surface area (Å²) in [6.07, 6.45) is 4.25. The van der Waals surface area contributed by atoms with Crippen LogP contribution in [0.15, 0.2) is 59.9 Å². The molecule has 0 spiro atoms. The van der Waals surface area contributed by atoms with Gasteiger partial charge in [0.1, 0.15) is 5.75 Å². The van der Waals surface area contributed by atoms with Crippen LogP contribution in [0.4, 0.5) is 5.69 Å². The Morgan fingerprint density at radius 1 is 1.20 bits per heavy atom. The van der Waals surface area contributed by atoms with Crippen molar-refractivity contribution in [3.63, 3.8) is 0 Å². The molecule has 4 aromatic rings. The second kappa shape index (κ2) is 7.83. The minimum absolute atomic E-state index is 0.0250. The van der Waals surface area contributed by atoms with Gasteiger partial charge in [-0.2, -0.15) is 0 Å². The van der Waals surface area contributed by atoms with Crippen molar-refractivity contribution in [2.24, 2.45) is 0 Å². The zero-order valence-electron chi connectivity index (χ0n) is 16.0. The molecule has 2 aromatic heterocycles. The van der Waals surface area contributed by atoms with Crippen LogP contribution in [0.25, 0.3) is 22.3 Å². The lowest BCUT2D eigenvalue weighted by Gasteiger charge is -2.09. The number of ether oxygens (including phenoxy) is 1. The molecule has 0 saturated heterocycles. The largest absolute Gasteiger partial charge is 0.492 e. The second-order valence-corrected chi connectivity index (χ2v) is 8.17. The maximum absolute atomic E-state index is 10.9. The third kappa shape index (κ3) is 3.63. The summed E-state index contributed by atoms with van der Waals surface area (Å²) in [5.74, 6) is 2.05. The number of aromatic nitrogens is 4. The molecule has 1 aliphatic rings. The Morgan fingerprint density at radius 2 is 2.07 bits per heavy atom. The Hall–Kier alpha value is -3.33. The molecule has 1 saturated carbocycles. The van der Waals surface area contributed by atoms with Crippen LogP contribution in [0.3, 0.4) is 0 Å². The number of thioether (sulfide) groups is 1. The normalized spacial score (nSPS) is 13.6. The molecule has 1 aliphatic carbocycles. The summed E-state index contributed by atoms with van der Waals surface area (Å²) in [7, 11) is 0. The summed E-state index contributed by atoms with van der Waals surface area (Å²) >= 11 is 1.59. The maximum atomic E-state index is 10.9. The molecule has 9 heteroatoms. The molecule has 0 unspecified atom stereocenters. The third-order valence-corrected chi connectivity index (χ3v) is 5.93. The van der Waals surface area contributed by atoms with Crippen LogP contribution in [0.5, 0.6) is 5.75 Å². The van der Waals surface area contributed by atoms with Gasteiger partial charge in [0.15, 0.2) is 11.0 Å². The van der Waals surface area contributed by atoms with Gasteiger partial charge in [0.05, 0.1) is 17.6 Å². The lowest BCUT2D eigenvalue weighted by molar-refractivity contribution is -0.384. The molecule has 0 bridgehead atoms. The number of para-hydroxylation sites is 1. The van der Waals surface area contributed by atoms with Gasteiger partial charge in [0.2, 0.25) is 0 Å². The summed E-state index contributed by atoms with van der Waals surface area (Å²) in [6, 6.07) is 14.8. The van der Waals surface area contributed by atoms with Gasteiger partial charge in [-0.3, -0.25) is 14.7 Å². The average molecular weight is 421 g/mol. The molecular formula is C21H19N5O3S. The number of fused-ring (bicyclic) bond motifs is 1. The second-order valence-electron chi connectivity index (χ2n) is 7.11. The first kappa shape index (κ1) is 18.7. The molecule has 30 heavy (non-hydrogen) atoms. The van der Waals surface area contributed by atoms with Gasteiger partial charge in [0, 0.05) is 40.5 Å². The zero-order valence-corrected chi connectivity index (χ0v) is 16.8. The number of hydrogen-bond acceptors (Lipinski definition) is 6. The number of hydrogen-bond donors (Lipinski definition) is 1. The van der Waals surface area contributed by atoms with Crippen molar-refractivity contribution < 1.29 is 9.66 Å². The minimum Gasteiger partial charge on any atom is -0.492 e. The first-order chi connectivity index (χ1) is 14.7. The van der Waals surface area contributed by atoms with E-state index in [4.69, 9.17) is 4.74 Å². The van der Waals surface area contributed by atoms with Gasteiger partial charge in [-0.05, 0) is 25.0 Å². The number of aromatic amines is 1. The number of non-ortho nitro benzene ring substituents is 1. The number of benzene rings is 2. The molecule has 0 radical (unpaired) electrons. The number of nitro groups is 1. The zero-order chi connectivity index (χ0) is 20.5. The first-order valence-electron chi connectivity index (χ1n) is 9.72. The van der Waals surface area contributed by atoms with E-state index >= 15 is 0 Å². The lowest BCUT2D eigenvalue weighted by atomic mass is 10.1. The summed E-state index contributed by atoms with van der Waals surface area (Å²) in [4.78, 5) is 13.8. The molecule has 0 aliphatic heterocycles. The first-order valence-corrected chi connectivity index (χ1v) is 10.7. The molecule has 152 valence electrons. The van der Waals surface area contributed by atoms with Gasteiger partial charge < -0.3 is 9.72 Å². The summed E-state index contributed by atoms with van der Waals surface area (Å²) in [5.41, 5.74) is 2.17. The molecule has 0 atom stereocenters. The quantitative estimate of drug-likeness (QED) is 0.189. The molecule has 8 nitrogen and oxygen atoms in total. The van der Waals surface area contributed by atoms with Crippen LogP contribution in [-0.2, 0) is 0 Å². The lowest BCUT2D eigenvalue weighted by Crippen LogP contribution is -2.04. The predicted molar refractivity (Wildman–Crippen MR) is 115 cm³/mol. The van der Waals surface area contributed by atoms with E-state index in [0.29, 0.717) is 24.2 Å². The van der Waals surface area contributed by atoms with Crippen molar-refractivity contribution in [3.05, 3.63) is 64.8 Å². The van der Waals surface area contributed by atoms with Crippen LogP contribution in [0.2, 0.25) is 0 Å². The van der Waals surface area contributed by atoms with Crippen LogP contribution < -0.4 is 4.74 Å².